The Morgan fingerprint density at radius 3 is 2.73 bits per heavy atom. The third kappa shape index (κ3) is 3.42. The quantitative estimate of drug-likeness (QED) is 0.547. The van der Waals surface area contributed by atoms with Gasteiger partial charge in [0, 0.05) is 24.8 Å². The highest BCUT2D eigenvalue weighted by Gasteiger charge is 2.06. The van der Waals surface area contributed by atoms with E-state index in [4.69, 9.17) is 5.11 Å². The van der Waals surface area contributed by atoms with Crippen LogP contribution in [0.3, 0.4) is 0 Å². The second kappa shape index (κ2) is 5.58. The summed E-state index contributed by atoms with van der Waals surface area (Å²) in [5.74, 6) is -0.190. The fourth-order valence-electron chi connectivity index (χ4n) is 1.30. The molecule has 0 aromatic heterocycles. The fraction of sp³-hybridized carbons (Fsp3) is 0.455. The first-order valence-electron chi connectivity index (χ1n) is 4.99. The van der Waals surface area contributed by atoms with Gasteiger partial charge in [-0.3, -0.25) is 0 Å². The molecule has 84 valence electrons. The Hall–Kier alpha value is -1.26. The summed E-state index contributed by atoms with van der Waals surface area (Å²) < 4.78 is 0. The summed E-state index contributed by atoms with van der Waals surface area (Å²) in [5, 5.41) is 30.6. The number of nitrogens with one attached hydrogen (secondary N) is 1. The summed E-state index contributed by atoms with van der Waals surface area (Å²) in [6.45, 7) is 2.57. The van der Waals surface area contributed by atoms with Gasteiger partial charge in [0.15, 0.2) is 11.5 Å². The zero-order valence-corrected chi connectivity index (χ0v) is 8.77. The van der Waals surface area contributed by atoms with Gasteiger partial charge in [0.25, 0.3) is 0 Å². The van der Waals surface area contributed by atoms with Crippen molar-refractivity contribution in [1.82, 2.24) is 5.32 Å². The van der Waals surface area contributed by atoms with E-state index in [0.717, 1.165) is 0 Å². The van der Waals surface area contributed by atoms with Crippen LogP contribution in [0.25, 0.3) is 0 Å². The molecule has 0 aliphatic heterocycles. The number of aromatic hydroxyl groups is 2. The molecule has 1 unspecified atom stereocenters. The van der Waals surface area contributed by atoms with Crippen molar-refractivity contribution in [3.63, 3.8) is 0 Å². The molecule has 0 radical (unpaired) electrons. The first kappa shape index (κ1) is 11.8. The highest BCUT2D eigenvalue weighted by Crippen LogP contribution is 2.27. The van der Waals surface area contributed by atoms with Crippen LogP contribution in [-0.2, 0) is 6.54 Å². The number of aliphatic hydroxyl groups is 1. The van der Waals surface area contributed by atoms with Gasteiger partial charge in [-0.05, 0) is 19.4 Å². The first-order valence-corrected chi connectivity index (χ1v) is 4.99. The molecule has 0 spiro atoms. The van der Waals surface area contributed by atoms with E-state index >= 15 is 0 Å². The van der Waals surface area contributed by atoms with Crippen LogP contribution in [0.4, 0.5) is 0 Å². The maximum absolute atomic E-state index is 9.50. The van der Waals surface area contributed by atoms with Gasteiger partial charge in [-0.1, -0.05) is 12.1 Å². The molecule has 15 heavy (non-hydrogen) atoms. The van der Waals surface area contributed by atoms with Crippen LogP contribution in [0.1, 0.15) is 18.9 Å². The zero-order valence-electron chi connectivity index (χ0n) is 8.77. The Morgan fingerprint density at radius 2 is 2.07 bits per heavy atom. The van der Waals surface area contributed by atoms with Gasteiger partial charge in [-0.25, -0.2) is 0 Å². The van der Waals surface area contributed by atoms with Gasteiger partial charge in [-0.15, -0.1) is 0 Å². The molecule has 0 aliphatic rings. The summed E-state index contributed by atoms with van der Waals surface area (Å²) >= 11 is 0. The smallest absolute Gasteiger partial charge is 0.161 e. The van der Waals surface area contributed by atoms with Crippen molar-refractivity contribution in [2.24, 2.45) is 0 Å². The average Bonchev–Trinajstić information content (AvgIpc) is 2.21. The Kier molecular flexibility index (Phi) is 4.39. The van der Waals surface area contributed by atoms with Crippen molar-refractivity contribution in [2.45, 2.75) is 25.9 Å². The van der Waals surface area contributed by atoms with Gasteiger partial charge >= 0.3 is 0 Å². The van der Waals surface area contributed by atoms with Crippen LogP contribution in [0.15, 0.2) is 18.2 Å². The Labute approximate surface area is 89.2 Å². The third-order valence-corrected chi connectivity index (χ3v) is 2.30. The first-order chi connectivity index (χ1) is 7.15. The highest BCUT2D eigenvalue weighted by atomic mass is 16.3. The van der Waals surface area contributed by atoms with E-state index in [0.29, 0.717) is 18.5 Å². The molecule has 0 fully saturated rings. The molecule has 0 aliphatic carbocycles. The number of rotatable bonds is 5. The van der Waals surface area contributed by atoms with Gasteiger partial charge in [0.2, 0.25) is 0 Å². The van der Waals surface area contributed by atoms with E-state index < -0.39 is 0 Å². The molecule has 0 heterocycles. The topological polar surface area (TPSA) is 72.7 Å². The second-order valence-electron chi connectivity index (χ2n) is 3.58. The minimum Gasteiger partial charge on any atom is -0.504 e. The van der Waals surface area contributed by atoms with Crippen LogP contribution in [0.2, 0.25) is 0 Å². The molecule has 1 aromatic carbocycles. The molecule has 4 nitrogen and oxygen atoms in total. The van der Waals surface area contributed by atoms with E-state index in [-0.39, 0.29) is 24.1 Å². The number of para-hydroxylation sites is 1. The third-order valence-electron chi connectivity index (χ3n) is 2.30. The zero-order chi connectivity index (χ0) is 11.3. The summed E-state index contributed by atoms with van der Waals surface area (Å²) in [6, 6.07) is 5.05. The Balaban J connectivity index is 2.54. The lowest BCUT2D eigenvalue weighted by Crippen LogP contribution is -2.26. The summed E-state index contributed by atoms with van der Waals surface area (Å²) in [4.78, 5) is 0. The monoisotopic (exact) mass is 211 g/mol. The molecule has 0 saturated carbocycles. The maximum atomic E-state index is 9.50. The summed E-state index contributed by atoms with van der Waals surface area (Å²) in [6.07, 6.45) is 0.666. The van der Waals surface area contributed by atoms with E-state index in [1.165, 1.54) is 6.07 Å². The van der Waals surface area contributed by atoms with Crippen LogP contribution in [-0.4, -0.2) is 28.0 Å². The number of benzene rings is 1. The lowest BCUT2D eigenvalue weighted by Gasteiger charge is -2.13. The minimum absolute atomic E-state index is 0.0822. The van der Waals surface area contributed by atoms with Gasteiger partial charge < -0.3 is 20.6 Å². The number of aliphatic hydroxyl groups excluding tert-OH is 1. The van der Waals surface area contributed by atoms with E-state index in [9.17, 15) is 10.2 Å². The lowest BCUT2D eigenvalue weighted by molar-refractivity contribution is 0.268. The largest absolute Gasteiger partial charge is 0.504 e. The van der Waals surface area contributed by atoms with Crippen molar-refractivity contribution in [3.05, 3.63) is 23.8 Å². The van der Waals surface area contributed by atoms with E-state index in [1.807, 2.05) is 6.92 Å². The SMILES string of the molecule is CC(CCO)NCc1cccc(O)c1O. The fourth-order valence-corrected chi connectivity index (χ4v) is 1.30. The molecule has 4 heteroatoms. The number of hydrogen-bond donors (Lipinski definition) is 4. The van der Waals surface area contributed by atoms with Crippen molar-refractivity contribution in [2.75, 3.05) is 6.61 Å². The van der Waals surface area contributed by atoms with Crippen LogP contribution in [0.5, 0.6) is 11.5 Å². The van der Waals surface area contributed by atoms with Gasteiger partial charge in [0.1, 0.15) is 0 Å². The molecule has 1 aromatic rings. The van der Waals surface area contributed by atoms with Gasteiger partial charge in [0.05, 0.1) is 0 Å². The molecule has 0 saturated heterocycles. The van der Waals surface area contributed by atoms with Crippen molar-refractivity contribution in [3.8, 4) is 11.5 Å². The molecular formula is C11H17NO3. The van der Waals surface area contributed by atoms with Crippen LogP contribution < -0.4 is 5.32 Å². The summed E-state index contributed by atoms with van der Waals surface area (Å²) in [7, 11) is 0. The second-order valence-corrected chi connectivity index (χ2v) is 3.58. The standard InChI is InChI=1S/C11H17NO3/c1-8(5-6-13)12-7-9-3-2-4-10(14)11(9)15/h2-4,8,12-15H,5-7H2,1H3. The predicted octanol–water partition coefficient (Wildman–Crippen LogP) is 0.958. The number of phenolic OH excluding ortho intramolecular Hbond substituents is 2. The predicted molar refractivity (Wildman–Crippen MR) is 57.8 cm³/mol. The Bertz CT molecular complexity index is 315. The highest BCUT2D eigenvalue weighted by molar-refractivity contribution is 5.44. The number of phenols is 2. The average molecular weight is 211 g/mol. The van der Waals surface area contributed by atoms with Crippen LogP contribution >= 0.6 is 0 Å². The van der Waals surface area contributed by atoms with Crippen molar-refractivity contribution >= 4 is 0 Å². The number of hydrogen-bond acceptors (Lipinski definition) is 4. The maximum Gasteiger partial charge on any atom is 0.161 e. The van der Waals surface area contributed by atoms with Crippen LogP contribution in [0, 0.1) is 0 Å². The van der Waals surface area contributed by atoms with E-state index in [1.54, 1.807) is 12.1 Å². The molecular weight excluding hydrogens is 194 g/mol. The lowest BCUT2D eigenvalue weighted by atomic mass is 10.1. The molecule has 0 bridgehead atoms. The van der Waals surface area contributed by atoms with Crippen molar-refractivity contribution in [1.29, 1.82) is 0 Å². The molecule has 0 amide bonds. The molecule has 1 rings (SSSR count). The normalized spacial score (nSPS) is 12.7. The van der Waals surface area contributed by atoms with Crippen molar-refractivity contribution < 1.29 is 15.3 Å². The van der Waals surface area contributed by atoms with Gasteiger partial charge in [-0.2, -0.15) is 0 Å². The molecule has 4 N–H and O–H groups in total. The molecule has 1 atom stereocenters. The summed E-state index contributed by atoms with van der Waals surface area (Å²) in [5.41, 5.74) is 0.653. The van der Waals surface area contributed by atoms with E-state index in [2.05, 4.69) is 5.32 Å². The Morgan fingerprint density at radius 1 is 1.33 bits per heavy atom. The minimum atomic E-state index is -0.107.